The van der Waals surface area contributed by atoms with Crippen LogP contribution in [0, 0.1) is 0 Å². The maximum Gasteiger partial charge on any atom is 0.191 e. The molecule has 0 aliphatic rings. The molecule has 1 heterocycles. The van der Waals surface area contributed by atoms with Crippen molar-refractivity contribution in [3.05, 3.63) is 42.5 Å². The van der Waals surface area contributed by atoms with Gasteiger partial charge in [0.2, 0.25) is 0 Å². The van der Waals surface area contributed by atoms with E-state index in [0.717, 1.165) is 50.0 Å². The number of aliphatic imine (C=N–C) groups is 1. The molecule has 0 atom stereocenters. The summed E-state index contributed by atoms with van der Waals surface area (Å²) < 4.78 is 7.75. The van der Waals surface area contributed by atoms with Gasteiger partial charge in [-0.3, -0.25) is 4.99 Å². The smallest absolute Gasteiger partial charge is 0.191 e. The number of para-hydroxylation sites is 1. The van der Waals surface area contributed by atoms with Crippen molar-refractivity contribution < 1.29 is 4.74 Å². The van der Waals surface area contributed by atoms with Crippen LogP contribution >= 0.6 is 0 Å². The number of hydrogen-bond donors (Lipinski definition) is 2. The van der Waals surface area contributed by atoms with Crippen molar-refractivity contribution in [1.82, 2.24) is 25.4 Å². The van der Waals surface area contributed by atoms with Crippen molar-refractivity contribution in [2.45, 2.75) is 33.2 Å². The average molecular weight is 344 g/mol. The molecule has 0 amide bonds. The third-order valence-electron chi connectivity index (χ3n) is 3.56. The summed E-state index contributed by atoms with van der Waals surface area (Å²) >= 11 is 0. The monoisotopic (exact) mass is 344 g/mol. The first-order valence-electron chi connectivity index (χ1n) is 8.90. The molecule has 1 aromatic heterocycles. The quantitative estimate of drug-likeness (QED) is 0.391. The van der Waals surface area contributed by atoms with Crippen LogP contribution in [0.4, 0.5) is 0 Å². The second kappa shape index (κ2) is 11.1. The predicted molar refractivity (Wildman–Crippen MR) is 99.9 cm³/mol. The second-order valence-corrected chi connectivity index (χ2v) is 5.54. The van der Waals surface area contributed by atoms with Gasteiger partial charge in [0.05, 0.1) is 6.54 Å². The Bertz CT molecular complexity index is 626. The van der Waals surface area contributed by atoms with Gasteiger partial charge in [-0.05, 0) is 18.6 Å². The number of nitrogens with zero attached hydrogens (tertiary/aromatic N) is 4. The lowest BCUT2D eigenvalue weighted by Crippen LogP contribution is -2.41. The van der Waals surface area contributed by atoms with Gasteiger partial charge in [-0.15, -0.1) is 10.2 Å². The van der Waals surface area contributed by atoms with E-state index in [4.69, 9.17) is 4.74 Å². The van der Waals surface area contributed by atoms with Crippen molar-refractivity contribution in [1.29, 1.82) is 0 Å². The largest absolute Gasteiger partial charge is 0.492 e. The lowest BCUT2D eigenvalue weighted by molar-refractivity contribution is 0.322. The molecule has 0 bridgehead atoms. The van der Waals surface area contributed by atoms with Gasteiger partial charge in [0.25, 0.3) is 0 Å². The van der Waals surface area contributed by atoms with Crippen molar-refractivity contribution in [2.24, 2.45) is 4.99 Å². The number of ether oxygens (including phenoxy) is 1. The van der Waals surface area contributed by atoms with E-state index in [1.54, 1.807) is 6.33 Å². The fraction of sp³-hybridized carbons (Fsp3) is 0.500. The minimum Gasteiger partial charge on any atom is -0.492 e. The molecular formula is C18H28N6O. The molecule has 0 aliphatic carbocycles. The molecular weight excluding hydrogens is 316 g/mol. The number of aryl methyl sites for hydroxylation is 1. The van der Waals surface area contributed by atoms with Crippen LogP contribution in [0.1, 0.15) is 26.1 Å². The van der Waals surface area contributed by atoms with Gasteiger partial charge < -0.3 is 19.9 Å². The summed E-state index contributed by atoms with van der Waals surface area (Å²) in [5.41, 5.74) is 0. The highest BCUT2D eigenvalue weighted by Gasteiger charge is 2.02. The molecule has 0 aliphatic heterocycles. The lowest BCUT2D eigenvalue weighted by Gasteiger charge is -2.14. The predicted octanol–water partition coefficient (Wildman–Crippen LogP) is 1.86. The van der Waals surface area contributed by atoms with Crippen molar-refractivity contribution in [2.75, 3.05) is 26.2 Å². The van der Waals surface area contributed by atoms with Crippen LogP contribution < -0.4 is 15.4 Å². The van der Waals surface area contributed by atoms with Gasteiger partial charge in [-0.1, -0.05) is 32.0 Å². The van der Waals surface area contributed by atoms with Gasteiger partial charge in [0, 0.05) is 26.1 Å². The highest BCUT2D eigenvalue weighted by molar-refractivity contribution is 5.79. The van der Waals surface area contributed by atoms with Crippen LogP contribution in [-0.4, -0.2) is 47.0 Å². The molecule has 0 fully saturated rings. The van der Waals surface area contributed by atoms with Gasteiger partial charge >= 0.3 is 0 Å². The zero-order valence-electron chi connectivity index (χ0n) is 15.1. The fourth-order valence-corrected chi connectivity index (χ4v) is 2.29. The van der Waals surface area contributed by atoms with Crippen molar-refractivity contribution in [3.63, 3.8) is 0 Å². The first-order valence-corrected chi connectivity index (χ1v) is 8.90. The molecule has 0 saturated carbocycles. The van der Waals surface area contributed by atoms with Crippen LogP contribution in [0.3, 0.4) is 0 Å². The molecule has 2 N–H and O–H groups in total. The first-order chi connectivity index (χ1) is 12.3. The summed E-state index contributed by atoms with van der Waals surface area (Å²) in [5.74, 6) is 2.69. The third-order valence-corrected chi connectivity index (χ3v) is 3.56. The van der Waals surface area contributed by atoms with E-state index in [0.29, 0.717) is 13.2 Å². The maximum atomic E-state index is 5.69. The van der Waals surface area contributed by atoms with E-state index in [2.05, 4.69) is 44.2 Å². The number of benzene rings is 1. The Morgan fingerprint density at radius 3 is 2.72 bits per heavy atom. The summed E-state index contributed by atoms with van der Waals surface area (Å²) in [4.78, 5) is 4.55. The summed E-state index contributed by atoms with van der Waals surface area (Å²) in [5, 5.41) is 14.7. The molecule has 0 saturated heterocycles. The Balaban J connectivity index is 1.72. The van der Waals surface area contributed by atoms with Gasteiger partial charge in [-0.25, -0.2) is 0 Å². The van der Waals surface area contributed by atoms with Crippen molar-refractivity contribution in [3.8, 4) is 5.75 Å². The molecule has 7 heteroatoms. The van der Waals surface area contributed by atoms with Crippen LogP contribution in [0.15, 0.2) is 41.7 Å². The van der Waals surface area contributed by atoms with Crippen LogP contribution in [-0.2, 0) is 13.0 Å². The number of guanidine groups is 1. The molecule has 0 unspecified atom stereocenters. The number of aromatic nitrogens is 3. The minimum atomic E-state index is 0.586. The second-order valence-electron chi connectivity index (χ2n) is 5.54. The van der Waals surface area contributed by atoms with E-state index in [-0.39, 0.29) is 0 Å². The molecule has 1 aromatic carbocycles. The first kappa shape index (κ1) is 18.8. The molecule has 2 rings (SSSR count). The molecule has 0 spiro atoms. The third kappa shape index (κ3) is 6.82. The molecule has 2 aromatic rings. The van der Waals surface area contributed by atoms with Gasteiger partial charge in [0.15, 0.2) is 5.96 Å². The van der Waals surface area contributed by atoms with Crippen LogP contribution in [0.2, 0.25) is 0 Å². The number of hydrogen-bond acceptors (Lipinski definition) is 4. The molecule has 25 heavy (non-hydrogen) atoms. The highest BCUT2D eigenvalue weighted by atomic mass is 16.5. The Kier molecular flexibility index (Phi) is 8.31. The molecule has 0 radical (unpaired) electrons. The highest BCUT2D eigenvalue weighted by Crippen LogP contribution is 2.07. The van der Waals surface area contributed by atoms with Gasteiger partial charge in [0.1, 0.15) is 24.5 Å². The number of nitrogens with one attached hydrogen (secondary N) is 2. The standard InChI is InChI=1S/C18H28N6O/c1-3-10-19-18(20-11-13-24-15-22-23-17(24)4-2)21-12-14-25-16-8-6-5-7-9-16/h5-9,15H,3-4,10-14H2,1-2H3,(H2,19,20,21). The Morgan fingerprint density at radius 1 is 1.16 bits per heavy atom. The Morgan fingerprint density at radius 2 is 1.96 bits per heavy atom. The van der Waals surface area contributed by atoms with E-state index >= 15 is 0 Å². The minimum absolute atomic E-state index is 0.586. The van der Waals surface area contributed by atoms with E-state index in [9.17, 15) is 0 Å². The summed E-state index contributed by atoms with van der Waals surface area (Å²) in [6.07, 6.45) is 3.66. The normalized spacial score (nSPS) is 11.4. The molecule has 7 nitrogen and oxygen atoms in total. The SMILES string of the molecule is CCCN=C(NCCOc1ccccc1)NCCn1cnnc1CC. The van der Waals surface area contributed by atoms with E-state index in [1.165, 1.54) is 0 Å². The van der Waals surface area contributed by atoms with E-state index < -0.39 is 0 Å². The van der Waals surface area contributed by atoms with Gasteiger partial charge in [-0.2, -0.15) is 0 Å². The van der Waals surface area contributed by atoms with E-state index in [1.807, 2.05) is 30.3 Å². The average Bonchev–Trinajstić information content (AvgIpc) is 3.11. The van der Waals surface area contributed by atoms with Crippen molar-refractivity contribution >= 4 is 5.96 Å². The Hall–Kier alpha value is -2.57. The zero-order valence-corrected chi connectivity index (χ0v) is 15.1. The summed E-state index contributed by atoms with van der Waals surface area (Å²) in [7, 11) is 0. The Labute approximate surface area is 149 Å². The lowest BCUT2D eigenvalue weighted by atomic mass is 10.3. The summed E-state index contributed by atoms with van der Waals surface area (Å²) in [6.45, 7) is 7.84. The maximum absolute atomic E-state index is 5.69. The van der Waals surface area contributed by atoms with Crippen LogP contribution in [0.5, 0.6) is 5.75 Å². The molecule has 136 valence electrons. The number of rotatable bonds is 10. The summed E-state index contributed by atoms with van der Waals surface area (Å²) in [6, 6.07) is 9.82. The topological polar surface area (TPSA) is 76.4 Å². The zero-order chi connectivity index (χ0) is 17.7. The van der Waals surface area contributed by atoms with Crippen LogP contribution in [0.25, 0.3) is 0 Å². The fourth-order valence-electron chi connectivity index (χ4n) is 2.29.